The highest BCUT2D eigenvalue weighted by molar-refractivity contribution is 8.00. The number of ether oxygens (including phenoxy) is 1. The van der Waals surface area contributed by atoms with Gasteiger partial charge in [0, 0.05) is 16.7 Å². The summed E-state index contributed by atoms with van der Waals surface area (Å²) in [7, 11) is 0. The van der Waals surface area contributed by atoms with Crippen LogP contribution in [-0.2, 0) is 14.3 Å². The minimum atomic E-state index is -1.65. The number of rotatable bonds is 6. The van der Waals surface area contributed by atoms with E-state index in [2.05, 4.69) is 26.0 Å². The van der Waals surface area contributed by atoms with Crippen LogP contribution in [0.25, 0.3) is 0 Å². The predicted octanol–water partition coefficient (Wildman–Crippen LogP) is -1.32. The largest absolute Gasteiger partial charge is 0.512 e. The number of nitrogens with one attached hydrogen (secondary N) is 3. The predicted molar refractivity (Wildman–Crippen MR) is 110 cm³/mol. The first-order valence-corrected chi connectivity index (χ1v) is 10.1. The van der Waals surface area contributed by atoms with Gasteiger partial charge < -0.3 is 31.8 Å². The van der Waals surface area contributed by atoms with Gasteiger partial charge in [0.1, 0.15) is 17.1 Å². The second-order valence-electron chi connectivity index (χ2n) is 5.86. The van der Waals surface area contributed by atoms with E-state index < -0.39 is 41.1 Å². The maximum absolute atomic E-state index is 12.6. The van der Waals surface area contributed by atoms with Crippen molar-refractivity contribution in [1.29, 1.82) is 5.41 Å². The second-order valence-corrected chi connectivity index (χ2v) is 7.86. The van der Waals surface area contributed by atoms with E-state index in [9.17, 15) is 19.6 Å². The third-order valence-electron chi connectivity index (χ3n) is 3.90. The van der Waals surface area contributed by atoms with Crippen LogP contribution in [0.3, 0.4) is 0 Å². The van der Waals surface area contributed by atoms with Crippen molar-refractivity contribution in [1.82, 2.24) is 20.6 Å². The molecule has 1 aromatic heterocycles. The van der Waals surface area contributed by atoms with E-state index in [1.807, 2.05) is 0 Å². The SMILES string of the molecule is N=C(N)NN=CC1=C(OC(=O)O)N2C(=O)C(NC(=O)/C(=N\O)c3csc(N)n3)[C@@H]2SC1. The van der Waals surface area contributed by atoms with Crippen LogP contribution in [0, 0.1) is 5.41 Å². The number of nitrogen functional groups attached to an aromatic ring is 1. The van der Waals surface area contributed by atoms with Crippen molar-refractivity contribution in [3.63, 3.8) is 0 Å². The Morgan fingerprint density at radius 3 is 2.81 bits per heavy atom. The van der Waals surface area contributed by atoms with Crippen molar-refractivity contribution in [2.24, 2.45) is 16.0 Å². The van der Waals surface area contributed by atoms with Crippen LogP contribution in [0.2, 0.25) is 0 Å². The van der Waals surface area contributed by atoms with Crippen LogP contribution in [0.1, 0.15) is 5.69 Å². The highest BCUT2D eigenvalue weighted by atomic mass is 32.2. The van der Waals surface area contributed by atoms with Gasteiger partial charge in [0.25, 0.3) is 11.8 Å². The third-order valence-corrected chi connectivity index (χ3v) is 5.88. The molecule has 2 aliphatic heterocycles. The van der Waals surface area contributed by atoms with E-state index in [4.69, 9.17) is 26.7 Å². The number of nitrogens with zero attached hydrogens (tertiary/aromatic N) is 4. The maximum Gasteiger partial charge on any atom is 0.512 e. The highest BCUT2D eigenvalue weighted by Gasteiger charge is 2.54. The highest BCUT2D eigenvalue weighted by Crippen LogP contribution is 2.40. The summed E-state index contributed by atoms with van der Waals surface area (Å²) in [6, 6.07) is -1.04. The topological polar surface area (TPSA) is 242 Å². The zero-order chi connectivity index (χ0) is 22.7. The van der Waals surface area contributed by atoms with Gasteiger partial charge in [0.05, 0.1) is 6.21 Å². The Morgan fingerprint density at radius 1 is 1.48 bits per heavy atom. The van der Waals surface area contributed by atoms with Gasteiger partial charge in [-0.05, 0) is 0 Å². The summed E-state index contributed by atoms with van der Waals surface area (Å²) in [4.78, 5) is 41.1. The monoisotopic (exact) mass is 469 g/mol. The average molecular weight is 469 g/mol. The summed E-state index contributed by atoms with van der Waals surface area (Å²) in [5.41, 5.74) is 12.6. The fraction of sp³-hybridized carbons (Fsp3) is 0.214. The molecule has 164 valence electrons. The number of nitrogens with two attached hydrogens (primary N) is 2. The minimum Gasteiger partial charge on any atom is -0.449 e. The number of amides is 2. The Morgan fingerprint density at radius 2 is 2.23 bits per heavy atom. The lowest BCUT2D eigenvalue weighted by atomic mass is 10.1. The van der Waals surface area contributed by atoms with Crippen LogP contribution < -0.4 is 22.2 Å². The van der Waals surface area contributed by atoms with E-state index in [-0.39, 0.29) is 28.0 Å². The zero-order valence-corrected chi connectivity index (χ0v) is 16.9. The molecule has 1 saturated heterocycles. The molecule has 1 aromatic rings. The molecule has 0 aromatic carbocycles. The number of fused-ring (bicyclic) bond motifs is 1. The molecule has 0 aliphatic carbocycles. The molecule has 9 N–H and O–H groups in total. The van der Waals surface area contributed by atoms with Crippen molar-refractivity contribution in [2.45, 2.75) is 11.4 Å². The van der Waals surface area contributed by atoms with E-state index >= 15 is 0 Å². The molecule has 1 fully saturated rings. The number of β-lactam (4-membered cyclic amide) rings is 1. The molecule has 2 atom stereocenters. The molecule has 3 heterocycles. The Labute approximate surface area is 181 Å². The van der Waals surface area contributed by atoms with Gasteiger partial charge in [-0.3, -0.25) is 19.9 Å². The first-order valence-electron chi connectivity index (χ1n) is 8.19. The molecule has 0 saturated carbocycles. The molecule has 2 amide bonds. The Hall–Kier alpha value is -3.86. The van der Waals surface area contributed by atoms with Crippen molar-refractivity contribution >= 4 is 64.1 Å². The van der Waals surface area contributed by atoms with Crippen LogP contribution >= 0.6 is 23.1 Å². The number of carbonyl (C=O) groups is 3. The number of guanidine groups is 1. The molecule has 1 unspecified atom stereocenters. The number of hydrogen-bond acceptors (Lipinski definition) is 12. The number of oxime groups is 1. The van der Waals surface area contributed by atoms with E-state index in [1.165, 1.54) is 23.4 Å². The molecule has 2 aliphatic rings. The summed E-state index contributed by atoms with van der Waals surface area (Å²) in [6.07, 6.45) is -0.479. The maximum atomic E-state index is 12.6. The fourth-order valence-corrected chi connectivity index (χ4v) is 4.49. The van der Waals surface area contributed by atoms with Crippen molar-refractivity contribution in [2.75, 3.05) is 11.5 Å². The molecule has 0 spiro atoms. The zero-order valence-electron chi connectivity index (χ0n) is 15.3. The number of aromatic nitrogens is 1. The van der Waals surface area contributed by atoms with Gasteiger partial charge in [0.15, 0.2) is 10.8 Å². The smallest absolute Gasteiger partial charge is 0.449 e. The van der Waals surface area contributed by atoms with Gasteiger partial charge in [0.2, 0.25) is 11.8 Å². The van der Waals surface area contributed by atoms with Gasteiger partial charge >= 0.3 is 6.16 Å². The fourth-order valence-electron chi connectivity index (χ4n) is 2.66. The van der Waals surface area contributed by atoms with Crippen molar-refractivity contribution in [3.05, 3.63) is 22.5 Å². The second kappa shape index (κ2) is 8.88. The average Bonchev–Trinajstić information content (AvgIpc) is 3.12. The number of thioether (sulfide) groups is 1. The number of anilines is 1. The lowest BCUT2D eigenvalue weighted by Crippen LogP contribution is -2.70. The quantitative estimate of drug-likeness (QED) is 0.0643. The third kappa shape index (κ3) is 4.51. The summed E-state index contributed by atoms with van der Waals surface area (Å²) in [5, 5.41) is 35.2. The molecular formula is C14H15N9O6S2. The molecule has 0 bridgehead atoms. The van der Waals surface area contributed by atoms with Crippen molar-refractivity contribution < 1.29 is 29.4 Å². The standard InChI is InChI=1S/C14H15N9O6S2/c15-12(16)21-18-1-4-2-30-11-7(9(25)23(11)10(4)29-14(26)27)20-8(24)6(22-28)5-3-31-13(17)19-5/h1,3,7,11,28H,2H2,(H2,17,19)(H,20,24)(H,26,27)(H4,15,16,21)/b18-1?,22-6-/t7?,11-/m0/s1. The normalized spacial score (nSPS) is 20.8. The first-order chi connectivity index (χ1) is 14.7. The van der Waals surface area contributed by atoms with Crippen LogP contribution in [0.4, 0.5) is 9.93 Å². The summed E-state index contributed by atoms with van der Waals surface area (Å²) < 4.78 is 4.74. The Bertz CT molecular complexity index is 1040. The molecular weight excluding hydrogens is 454 g/mol. The number of carbonyl (C=O) groups excluding carboxylic acids is 2. The van der Waals surface area contributed by atoms with Crippen molar-refractivity contribution in [3.8, 4) is 0 Å². The molecule has 0 radical (unpaired) electrons. The van der Waals surface area contributed by atoms with Crippen LogP contribution in [0.5, 0.6) is 0 Å². The minimum absolute atomic E-state index is 0.0358. The summed E-state index contributed by atoms with van der Waals surface area (Å²) in [5.74, 6) is -2.05. The van der Waals surface area contributed by atoms with E-state index in [1.54, 1.807) is 0 Å². The summed E-state index contributed by atoms with van der Waals surface area (Å²) in [6.45, 7) is 0. The Balaban J connectivity index is 1.77. The molecule has 3 rings (SSSR count). The van der Waals surface area contributed by atoms with Gasteiger partial charge in [-0.1, -0.05) is 5.16 Å². The van der Waals surface area contributed by atoms with Gasteiger partial charge in [-0.25, -0.2) is 15.2 Å². The van der Waals surface area contributed by atoms with E-state index in [0.29, 0.717) is 0 Å². The lowest BCUT2D eigenvalue weighted by molar-refractivity contribution is -0.148. The number of carboxylic acid groups (broad SMARTS) is 1. The molecule has 31 heavy (non-hydrogen) atoms. The van der Waals surface area contributed by atoms with Gasteiger partial charge in [-0.15, -0.1) is 23.1 Å². The lowest BCUT2D eigenvalue weighted by Gasteiger charge is -2.48. The molecule has 15 nitrogen and oxygen atoms in total. The number of hydrazone groups is 1. The summed E-state index contributed by atoms with van der Waals surface area (Å²) >= 11 is 2.24. The number of thiazole rings is 1. The van der Waals surface area contributed by atoms with E-state index in [0.717, 1.165) is 16.2 Å². The van der Waals surface area contributed by atoms with Crippen LogP contribution in [0.15, 0.2) is 27.1 Å². The van der Waals surface area contributed by atoms with Crippen LogP contribution in [-0.4, -0.2) is 73.2 Å². The van der Waals surface area contributed by atoms with Gasteiger partial charge in [-0.2, -0.15) is 5.10 Å². The molecule has 17 heteroatoms. The Kier molecular flexibility index (Phi) is 6.25. The number of hydrogen-bond donors (Lipinski definition) is 7. The first kappa shape index (κ1) is 21.8.